The molecule has 0 unspecified atom stereocenters. The van der Waals surface area contributed by atoms with E-state index in [0.29, 0.717) is 18.4 Å². The number of phenolic OH excluding ortho intramolecular Hbond substituents is 1. The molecule has 0 amide bonds. The summed E-state index contributed by atoms with van der Waals surface area (Å²) in [4.78, 5) is 11.2. The van der Waals surface area contributed by atoms with Crippen LogP contribution in [0.15, 0.2) is 12.1 Å². The molecule has 0 spiro atoms. The molecule has 4 heteroatoms. The highest BCUT2D eigenvalue weighted by molar-refractivity contribution is 6.32. The summed E-state index contributed by atoms with van der Waals surface area (Å²) in [6.07, 6.45) is 1.90. The Morgan fingerprint density at radius 1 is 1.50 bits per heavy atom. The number of aromatic hydroxyl groups is 1. The van der Waals surface area contributed by atoms with Crippen molar-refractivity contribution in [2.24, 2.45) is 0 Å². The van der Waals surface area contributed by atoms with Gasteiger partial charge in [0.05, 0.1) is 10.4 Å². The summed E-state index contributed by atoms with van der Waals surface area (Å²) in [5, 5.41) is 19.3. The van der Waals surface area contributed by atoms with Gasteiger partial charge in [0.2, 0.25) is 0 Å². The average Bonchev–Trinajstić information content (AvgIpc) is 3.02. The molecular weight excluding hydrogens is 228 g/mol. The number of hydrogen-bond acceptors (Lipinski definition) is 2. The molecule has 0 aromatic heterocycles. The molecule has 0 atom stereocenters. The summed E-state index contributed by atoms with van der Waals surface area (Å²) in [6.45, 7) is 1.97. The number of phenols is 1. The van der Waals surface area contributed by atoms with Gasteiger partial charge in [-0.25, -0.2) is 0 Å². The van der Waals surface area contributed by atoms with Crippen LogP contribution in [0.2, 0.25) is 5.02 Å². The number of hydrogen-bond donors (Lipinski definition) is 2. The molecule has 0 bridgehead atoms. The van der Waals surface area contributed by atoms with Gasteiger partial charge in [0.25, 0.3) is 0 Å². The normalized spacial score (nSPS) is 17.1. The van der Waals surface area contributed by atoms with Crippen molar-refractivity contribution in [3.05, 3.63) is 28.3 Å². The van der Waals surface area contributed by atoms with Crippen LogP contribution in [0.1, 0.15) is 30.9 Å². The summed E-state index contributed by atoms with van der Waals surface area (Å²) in [5.41, 5.74) is 0.508. The van der Waals surface area contributed by atoms with Gasteiger partial charge in [0.15, 0.2) is 0 Å². The SMILES string of the molecule is CCc1cc(Cl)c(O)c(C2(C(=O)O)CC2)c1. The maximum absolute atomic E-state index is 11.2. The first-order valence-corrected chi connectivity index (χ1v) is 5.64. The highest BCUT2D eigenvalue weighted by atomic mass is 35.5. The van der Waals surface area contributed by atoms with E-state index in [4.69, 9.17) is 11.6 Å². The molecule has 3 nitrogen and oxygen atoms in total. The van der Waals surface area contributed by atoms with Crippen molar-refractivity contribution in [3.8, 4) is 5.75 Å². The summed E-state index contributed by atoms with van der Waals surface area (Å²) < 4.78 is 0. The smallest absolute Gasteiger partial charge is 0.314 e. The van der Waals surface area contributed by atoms with Crippen LogP contribution in [-0.2, 0) is 16.6 Å². The summed E-state index contributed by atoms with van der Waals surface area (Å²) in [7, 11) is 0. The van der Waals surface area contributed by atoms with Crippen LogP contribution in [0.3, 0.4) is 0 Å². The predicted molar refractivity (Wildman–Crippen MR) is 61.0 cm³/mol. The zero-order chi connectivity index (χ0) is 11.9. The van der Waals surface area contributed by atoms with E-state index in [9.17, 15) is 15.0 Å². The molecule has 2 rings (SSSR count). The van der Waals surface area contributed by atoms with E-state index in [0.717, 1.165) is 12.0 Å². The van der Waals surface area contributed by atoms with Crippen LogP contribution in [-0.4, -0.2) is 16.2 Å². The molecular formula is C12H13ClO3. The third-order valence-corrected chi connectivity index (χ3v) is 3.49. The highest BCUT2D eigenvalue weighted by Gasteiger charge is 2.53. The lowest BCUT2D eigenvalue weighted by atomic mass is 9.93. The molecule has 1 saturated carbocycles. The van der Waals surface area contributed by atoms with Gasteiger partial charge >= 0.3 is 5.97 Å². The van der Waals surface area contributed by atoms with Crippen molar-refractivity contribution in [2.75, 3.05) is 0 Å². The second kappa shape index (κ2) is 3.67. The Hall–Kier alpha value is -1.22. The van der Waals surface area contributed by atoms with Gasteiger partial charge in [-0.05, 0) is 30.9 Å². The van der Waals surface area contributed by atoms with Crippen LogP contribution < -0.4 is 0 Å². The van der Waals surface area contributed by atoms with Crippen molar-refractivity contribution in [1.29, 1.82) is 0 Å². The molecule has 0 heterocycles. The van der Waals surface area contributed by atoms with Gasteiger partial charge in [-0.2, -0.15) is 0 Å². The Kier molecular flexibility index (Phi) is 2.58. The Morgan fingerprint density at radius 2 is 2.12 bits per heavy atom. The lowest BCUT2D eigenvalue weighted by Crippen LogP contribution is -2.20. The lowest BCUT2D eigenvalue weighted by molar-refractivity contribution is -0.140. The summed E-state index contributed by atoms with van der Waals surface area (Å²) >= 11 is 5.89. The largest absolute Gasteiger partial charge is 0.506 e. The third-order valence-electron chi connectivity index (χ3n) is 3.21. The zero-order valence-electron chi connectivity index (χ0n) is 8.96. The summed E-state index contributed by atoms with van der Waals surface area (Å²) in [6, 6.07) is 3.43. The van der Waals surface area contributed by atoms with Crippen LogP contribution >= 0.6 is 11.6 Å². The fourth-order valence-electron chi connectivity index (χ4n) is 1.95. The van der Waals surface area contributed by atoms with Gasteiger partial charge in [-0.15, -0.1) is 0 Å². The molecule has 1 aromatic carbocycles. The van der Waals surface area contributed by atoms with E-state index in [1.165, 1.54) is 0 Å². The molecule has 16 heavy (non-hydrogen) atoms. The number of rotatable bonds is 3. The maximum atomic E-state index is 11.2. The van der Waals surface area contributed by atoms with Crippen LogP contribution in [0.5, 0.6) is 5.75 Å². The van der Waals surface area contributed by atoms with E-state index in [-0.39, 0.29) is 10.8 Å². The molecule has 2 N–H and O–H groups in total. The fraction of sp³-hybridized carbons (Fsp3) is 0.417. The minimum atomic E-state index is -0.904. The zero-order valence-corrected chi connectivity index (χ0v) is 9.71. The minimum absolute atomic E-state index is 0.0845. The quantitative estimate of drug-likeness (QED) is 0.854. The molecule has 0 saturated heterocycles. The number of aliphatic carboxylic acids is 1. The molecule has 1 aliphatic carbocycles. The van der Waals surface area contributed by atoms with Gasteiger partial charge in [0.1, 0.15) is 5.75 Å². The Labute approximate surface area is 98.7 Å². The van der Waals surface area contributed by atoms with E-state index in [2.05, 4.69) is 0 Å². The number of carboxylic acids is 1. The van der Waals surface area contributed by atoms with Crippen LogP contribution in [0, 0.1) is 0 Å². The second-order valence-electron chi connectivity index (χ2n) is 4.21. The predicted octanol–water partition coefficient (Wildman–Crippen LogP) is 2.72. The van der Waals surface area contributed by atoms with Gasteiger partial charge < -0.3 is 10.2 Å². The van der Waals surface area contributed by atoms with Gasteiger partial charge in [-0.1, -0.05) is 24.6 Å². The first kappa shape index (κ1) is 11.3. The van der Waals surface area contributed by atoms with Crippen molar-refractivity contribution < 1.29 is 15.0 Å². The standard InChI is InChI=1S/C12H13ClO3/c1-2-7-5-8(10(14)9(13)6-7)12(3-4-12)11(15)16/h5-6,14H,2-4H2,1H3,(H,15,16). The van der Waals surface area contributed by atoms with E-state index in [1.54, 1.807) is 12.1 Å². The number of carbonyl (C=O) groups is 1. The van der Waals surface area contributed by atoms with Crippen molar-refractivity contribution in [1.82, 2.24) is 0 Å². The monoisotopic (exact) mass is 240 g/mol. The van der Waals surface area contributed by atoms with E-state index >= 15 is 0 Å². The first-order chi connectivity index (χ1) is 7.51. The number of aryl methyl sites for hydroxylation is 1. The minimum Gasteiger partial charge on any atom is -0.506 e. The molecule has 0 aliphatic heterocycles. The highest BCUT2D eigenvalue weighted by Crippen LogP contribution is 2.52. The van der Waals surface area contributed by atoms with Crippen molar-refractivity contribution in [2.45, 2.75) is 31.6 Å². The van der Waals surface area contributed by atoms with E-state index in [1.807, 2.05) is 6.92 Å². The van der Waals surface area contributed by atoms with Crippen molar-refractivity contribution >= 4 is 17.6 Å². The van der Waals surface area contributed by atoms with Crippen LogP contribution in [0.25, 0.3) is 0 Å². The molecule has 0 radical (unpaired) electrons. The van der Waals surface area contributed by atoms with E-state index < -0.39 is 11.4 Å². The second-order valence-corrected chi connectivity index (χ2v) is 4.62. The molecule has 1 fully saturated rings. The van der Waals surface area contributed by atoms with Crippen molar-refractivity contribution in [3.63, 3.8) is 0 Å². The van der Waals surface area contributed by atoms with Gasteiger partial charge in [-0.3, -0.25) is 4.79 Å². The lowest BCUT2D eigenvalue weighted by Gasteiger charge is -2.14. The average molecular weight is 241 g/mol. The maximum Gasteiger partial charge on any atom is 0.314 e. The Bertz CT molecular complexity index is 450. The topological polar surface area (TPSA) is 57.5 Å². The number of benzene rings is 1. The Morgan fingerprint density at radius 3 is 2.56 bits per heavy atom. The fourth-order valence-corrected chi connectivity index (χ4v) is 2.19. The number of carboxylic acid groups (broad SMARTS) is 1. The van der Waals surface area contributed by atoms with Gasteiger partial charge in [0, 0.05) is 5.56 Å². The molecule has 1 aromatic rings. The third kappa shape index (κ3) is 1.55. The molecule has 86 valence electrons. The summed E-state index contributed by atoms with van der Waals surface area (Å²) in [5.74, 6) is -0.967. The number of halogens is 1. The first-order valence-electron chi connectivity index (χ1n) is 5.26. The Balaban J connectivity index is 2.56. The van der Waals surface area contributed by atoms with Crippen LogP contribution in [0.4, 0.5) is 0 Å². The molecule has 1 aliphatic rings.